The van der Waals surface area contributed by atoms with E-state index in [0.29, 0.717) is 13.2 Å². The fourth-order valence-electron chi connectivity index (χ4n) is 5.06. The number of alkyl halides is 3. The molecule has 0 atom stereocenters. The predicted octanol–water partition coefficient (Wildman–Crippen LogP) is 5.26. The molecule has 0 bridgehead atoms. The van der Waals surface area contributed by atoms with E-state index in [1.165, 1.54) is 18.3 Å². The molecule has 0 saturated heterocycles. The second kappa shape index (κ2) is 11.1. The highest BCUT2D eigenvalue weighted by molar-refractivity contribution is 5.97. The number of carbonyl (C=O) groups excluding carboxylic acids is 2. The number of nitrogens with zero attached hydrogens (tertiary/aromatic N) is 3. The van der Waals surface area contributed by atoms with Crippen molar-refractivity contribution < 1.29 is 32.2 Å². The minimum absolute atomic E-state index is 0.0197. The minimum Gasteiger partial charge on any atom is -0.500 e. The molecule has 1 fully saturated rings. The highest BCUT2D eigenvalue weighted by atomic mass is 19.4. The summed E-state index contributed by atoms with van der Waals surface area (Å²) in [6.45, 7) is 1.10. The molecule has 222 valence electrons. The third-order valence-electron chi connectivity index (χ3n) is 7.61. The van der Waals surface area contributed by atoms with Crippen LogP contribution in [0, 0.1) is 0 Å². The van der Waals surface area contributed by atoms with Crippen molar-refractivity contribution in [3.8, 4) is 5.75 Å². The van der Waals surface area contributed by atoms with Crippen molar-refractivity contribution in [2.45, 2.75) is 43.9 Å². The topological polar surface area (TPSA) is 107 Å². The van der Waals surface area contributed by atoms with Gasteiger partial charge in [-0.1, -0.05) is 24.3 Å². The van der Waals surface area contributed by atoms with Gasteiger partial charge < -0.3 is 20.1 Å². The van der Waals surface area contributed by atoms with Gasteiger partial charge in [-0.2, -0.15) is 18.3 Å². The summed E-state index contributed by atoms with van der Waals surface area (Å²) in [5, 5.41) is 10.6. The first-order valence-corrected chi connectivity index (χ1v) is 13.7. The van der Waals surface area contributed by atoms with Crippen LogP contribution in [0.1, 0.15) is 46.6 Å². The van der Waals surface area contributed by atoms with Crippen LogP contribution in [-0.2, 0) is 22.5 Å². The van der Waals surface area contributed by atoms with Crippen LogP contribution in [0.3, 0.4) is 0 Å². The van der Waals surface area contributed by atoms with Gasteiger partial charge >= 0.3 is 6.18 Å². The molecule has 2 aromatic carbocycles. The Bertz CT molecular complexity index is 1730. The van der Waals surface area contributed by atoms with Crippen LogP contribution in [0.25, 0.3) is 16.5 Å². The zero-order valence-electron chi connectivity index (χ0n) is 23.2. The summed E-state index contributed by atoms with van der Waals surface area (Å²) in [6.07, 6.45) is -1.11. The lowest BCUT2D eigenvalue weighted by Crippen LogP contribution is -2.48. The first kappa shape index (κ1) is 28.3. The number of benzene rings is 2. The number of nitrogens with one attached hydrogen (secondary N) is 2. The van der Waals surface area contributed by atoms with E-state index in [4.69, 9.17) is 14.6 Å². The third-order valence-corrected chi connectivity index (χ3v) is 7.61. The second-order valence-electron chi connectivity index (χ2n) is 10.7. The molecule has 0 unspecified atom stereocenters. The molecular weight excluding hydrogens is 563 g/mol. The number of hydrogen-bond acceptors (Lipinski definition) is 6. The number of amides is 2. The van der Waals surface area contributed by atoms with E-state index < -0.39 is 17.6 Å². The average Bonchev–Trinajstić information content (AvgIpc) is 3.42. The molecule has 6 rings (SSSR count). The zero-order valence-corrected chi connectivity index (χ0v) is 23.2. The molecule has 4 aromatic rings. The molecule has 3 heterocycles. The number of halogens is 3. The monoisotopic (exact) mass is 591 g/mol. The van der Waals surface area contributed by atoms with Crippen LogP contribution in [0.15, 0.2) is 67.1 Å². The van der Waals surface area contributed by atoms with Crippen LogP contribution in [0.2, 0.25) is 0 Å². The van der Waals surface area contributed by atoms with Gasteiger partial charge in [-0.15, -0.1) is 0 Å². The summed E-state index contributed by atoms with van der Waals surface area (Å²) in [7, 11) is 1.61. The van der Waals surface area contributed by atoms with Crippen molar-refractivity contribution in [2.75, 3.05) is 19.0 Å². The molecule has 2 aliphatic rings. The largest absolute Gasteiger partial charge is 0.500 e. The Morgan fingerprint density at radius 1 is 1.07 bits per heavy atom. The number of anilines is 1. The molecule has 43 heavy (non-hydrogen) atoms. The van der Waals surface area contributed by atoms with Crippen LogP contribution in [0.5, 0.6) is 5.75 Å². The molecule has 1 aliphatic carbocycles. The Balaban J connectivity index is 1.19. The van der Waals surface area contributed by atoms with E-state index >= 15 is 0 Å². The van der Waals surface area contributed by atoms with E-state index in [9.17, 15) is 22.8 Å². The Kier molecular flexibility index (Phi) is 7.28. The molecule has 12 heteroatoms. The SMILES string of the molecule is COc1ccc(Cn2nc(C3=COCC3)c3ccc(CC(=O)Nc4ccnc(C(=O)NC5(C(F)(F)F)CC5)c4)cc32)cc1. The van der Waals surface area contributed by atoms with Gasteiger partial charge in [-0.25, -0.2) is 0 Å². The lowest BCUT2D eigenvalue weighted by atomic mass is 10.0. The quantitative estimate of drug-likeness (QED) is 0.275. The van der Waals surface area contributed by atoms with E-state index in [1.54, 1.807) is 13.4 Å². The summed E-state index contributed by atoms with van der Waals surface area (Å²) in [6, 6.07) is 16.2. The lowest BCUT2D eigenvalue weighted by molar-refractivity contribution is -0.163. The molecule has 2 aromatic heterocycles. The number of hydrogen-bond donors (Lipinski definition) is 2. The van der Waals surface area contributed by atoms with Crippen molar-refractivity contribution in [2.24, 2.45) is 0 Å². The number of pyridine rings is 1. The molecule has 9 nitrogen and oxygen atoms in total. The number of ether oxygens (including phenoxy) is 2. The van der Waals surface area contributed by atoms with Crippen molar-refractivity contribution in [1.29, 1.82) is 0 Å². The van der Waals surface area contributed by atoms with Gasteiger partial charge in [0.25, 0.3) is 5.91 Å². The number of rotatable bonds is 9. The molecule has 2 N–H and O–H groups in total. The van der Waals surface area contributed by atoms with Crippen molar-refractivity contribution >= 4 is 34.0 Å². The Hall–Kier alpha value is -4.87. The van der Waals surface area contributed by atoms with Crippen LogP contribution < -0.4 is 15.4 Å². The van der Waals surface area contributed by atoms with Gasteiger partial charge in [0.1, 0.15) is 17.0 Å². The third kappa shape index (κ3) is 5.90. The van der Waals surface area contributed by atoms with Gasteiger partial charge in [0.15, 0.2) is 0 Å². The van der Waals surface area contributed by atoms with Gasteiger partial charge in [0, 0.05) is 29.3 Å². The highest BCUT2D eigenvalue weighted by Gasteiger charge is 2.64. The van der Waals surface area contributed by atoms with Crippen LogP contribution in [0.4, 0.5) is 18.9 Å². The molecule has 0 spiro atoms. The smallest absolute Gasteiger partial charge is 0.411 e. The Morgan fingerprint density at radius 2 is 1.84 bits per heavy atom. The fraction of sp³-hybridized carbons (Fsp3) is 0.290. The number of carbonyl (C=O) groups is 2. The maximum Gasteiger partial charge on any atom is 0.411 e. The maximum absolute atomic E-state index is 13.3. The average molecular weight is 592 g/mol. The summed E-state index contributed by atoms with van der Waals surface area (Å²) >= 11 is 0. The van der Waals surface area contributed by atoms with Gasteiger partial charge in [0.2, 0.25) is 5.91 Å². The summed E-state index contributed by atoms with van der Waals surface area (Å²) in [4.78, 5) is 29.3. The fourth-order valence-corrected chi connectivity index (χ4v) is 5.06. The Labute approximate surface area is 244 Å². The summed E-state index contributed by atoms with van der Waals surface area (Å²) < 4.78 is 52.4. The molecule has 2 amide bonds. The first-order chi connectivity index (χ1) is 20.6. The maximum atomic E-state index is 13.3. The summed E-state index contributed by atoms with van der Waals surface area (Å²) in [5.41, 5.74) is 2.28. The highest BCUT2D eigenvalue weighted by Crippen LogP contribution is 2.49. The lowest BCUT2D eigenvalue weighted by Gasteiger charge is -2.20. The predicted molar refractivity (Wildman–Crippen MR) is 152 cm³/mol. The van der Waals surface area contributed by atoms with Gasteiger partial charge in [-0.05, 0) is 54.3 Å². The molecule has 1 aliphatic heterocycles. The Morgan fingerprint density at radius 3 is 2.51 bits per heavy atom. The van der Waals surface area contributed by atoms with Gasteiger partial charge in [0.05, 0.1) is 44.2 Å². The van der Waals surface area contributed by atoms with Crippen LogP contribution >= 0.6 is 0 Å². The second-order valence-corrected chi connectivity index (χ2v) is 10.7. The number of aromatic nitrogens is 3. The van der Waals surface area contributed by atoms with E-state index in [-0.39, 0.29) is 36.6 Å². The van der Waals surface area contributed by atoms with Crippen molar-refractivity contribution in [1.82, 2.24) is 20.1 Å². The number of methoxy groups -OCH3 is 1. The van der Waals surface area contributed by atoms with E-state index in [0.717, 1.165) is 45.5 Å². The van der Waals surface area contributed by atoms with Crippen LogP contribution in [-0.4, -0.2) is 52.0 Å². The minimum atomic E-state index is -4.54. The standard InChI is InChI=1S/C31H28F3N5O4/c1-42-23-5-2-19(3-6-23)17-39-26-14-20(4-7-24(26)28(38-39)21-9-13-43-18-21)15-27(40)36-22-8-12-35-25(16-22)29(41)37-30(10-11-30)31(32,33)34/h2-8,12,14,16,18H,9-11,13,15,17H2,1H3,(H,37,41)(H,35,36,40). The van der Waals surface area contributed by atoms with E-state index in [2.05, 4.69) is 10.3 Å². The first-order valence-electron chi connectivity index (χ1n) is 13.7. The van der Waals surface area contributed by atoms with Gasteiger partial charge in [-0.3, -0.25) is 19.3 Å². The summed E-state index contributed by atoms with van der Waals surface area (Å²) in [5.74, 6) is -0.550. The molecule has 1 saturated carbocycles. The van der Waals surface area contributed by atoms with Crippen molar-refractivity contribution in [3.63, 3.8) is 0 Å². The number of fused-ring (bicyclic) bond motifs is 1. The molecular formula is C31H28F3N5O4. The molecule has 0 radical (unpaired) electrons. The normalized spacial score (nSPS) is 15.5. The van der Waals surface area contributed by atoms with Crippen molar-refractivity contribution in [3.05, 3.63) is 89.6 Å². The zero-order chi connectivity index (χ0) is 30.2. The van der Waals surface area contributed by atoms with E-state index in [1.807, 2.05) is 52.5 Å².